The molecular formula is C17H18BrNO3. The summed E-state index contributed by atoms with van der Waals surface area (Å²) in [5.41, 5.74) is 1.57. The molecule has 0 aliphatic heterocycles. The van der Waals surface area contributed by atoms with Gasteiger partial charge in [0.2, 0.25) is 0 Å². The number of hydrogen-bond donors (Lipinski definition) is 0. The molecule has 0 atom stereocenters. The van der Waals surface area contributed by atoms with Crippen LogP contribution in [0.2, 0.25) is 0 Å². The van der Waals surface area contributed by atoms with E-state index in [0.717, 1.165) is 15.8 Å². The molecule has 2 aromatic carbocycles. The van der Waals surface area contributed by atoms with Crippen molar-refractivity contribution >= 4 is 21.8 Å². The lowest BCUT2D eigenvalue weighted by Crippen LogP contribution is -2.26. The Kier molecular flexibility index (Phi) is 5.44. The average molecular weight is 364 g/mol. The molecule has 0 radical (unpaired) electrons. The molecular weight excluding hydrogens is 346 g/mol. The minimum Gasteiger partial charge on any atom is -0.497 e. The Labute approximate surface area is 138 Å². The Hall–Kier alpha value is -2.01. The summed E-state index contributed by atoms with van der Waals surface area (Å²) in [6, 6.07) is 12.9. The number of halogens is 1. The van der Waals surface area contributed by atoms with Gasteiger partial charge in [-0.2, -0.15) is 0 Å². The zero-order valence-electron chi connectivity index (χ0n) is 12.8. The molecule has 0 unspecified atom stereocenters. The summed E-state index contributed by atoms with van der Waals surface area (Å²) in [5.74, 6) is 1.38. The van der Waals surface area contributed by atoms with E-state index in [1.807, 2.05) is 36.4 Å². The molecule has 0 saturated carbocycles. The van der Waals surface area contributed by atoms with Crippen molar-refractivity contribution in [3.8, 4) is 11.5 Å². The third-order valence-electron chi connectivity index (χ3n) is 3.32. The van der Waals surface area contributed by atoms with Gasteiger partial charge in [0.25, 0.3) is 5.91 Å². The fourth-order valence-corrected chi connectivity index (χ4v) is 2.55. The summed E-state index contributed by atoms with van der Waals surface area (Å²) in [7, 11) is 4.98. The van der Waals surface area contributed by atoms with Crippen molar-refractivity contribution in [3.63, 3.8) is 0 Å². The molecule has 0 aliphatic carbocycles. The van der Waals surface area contributed by atoms with E-state index in [0.29, 0.717) is 17.9 Å². The Morgan fingerprint density at radius 1 is 1.14 bits per heavy atom. The van der Waals surface area contributed by atoms with Crippen LogP contribution in [0.5, 0.6) is 11.5 Å². The first-order valence-electron chi connectivity index (χ1n) is 6.77. The molecule has 1 amide bonds. The predicted octanol–water partition coefficient (Wildman–Crippen LogP) is 3.74. The zero-order valence-corrected chi connectivity index (χ0v) is 14.4. The number of carbonyl (C=O) groups is 1. The van der Waals surface area contributed by atoms with Crippen molar-refractivity contribution in [1.82, 2.24) is 4.90 Å². The van der Waals surface area contributed by atoms with Crippen molar-refractivity contribution in [2.75, 3.05) is 21.3 Å². The summed E-state index contributed by atoms with van der Waals surface area (Å²) in [4.78, 5) is 14.1. The highest BCUT2D eigenvalue weighted by molar-refractivity contribution is 9.10. The van der Waals surface area contributed by atoms with Crippen LogP contribution in [0.3, 0.4) is 0 Å². The molecule has 5 heteroatoms. The molecule has 0 aromatic heterocycles. The maximum atomic E-state index is 12.5. The lowest BCUT2D eigenvalue weighted by atomic mass is 10.1. The second-order valence-corrected chi connectivity index (χ2v) is 5.77. The molecule has 4 nitrogen and oxygen atoms in total. The van der Waals surface area contributed by atoms with Crippen LogP contribution in [-0.2, 0) is 6.54 Å². The molecule has 0 aliphatic rings. The van der Waals surface area contributed by atoms with Gasteiger partial charge < -0.3 is 14.4 Å². The Morgan fingerprint density at radius 3 is 2.55 bits per heavy atom. The highest BCUT2D eigenvalue weighted by Crippen LogP contribution is 2.26. The first-order valence-corrected chi connectivity index (χ1v) is 7.56. The first kappa shape index (κ1) is 16.4. The van der Waals surface area contributed by atoms with Crippen LogP contribution in [0.25, 0.3) is 0 Å². The minimum absolute atomic E-state index is 0.0424. The van der Waals surface area contributed by atoms with Gasteiger partial charge in [-0.15, -0.1) is 0 Å². The van der Waals surface area contributed by atoms with Gasteiger partial charge in [0, 0.05) is 35.3 Å². The van der Waals surface area contributed by atoms with E-state index in [4.69, 9.17) is 9.47 Å². The maximum absolute atomic E-state index is 12.5. The smallest absolute Gasteiger partial charge is 0.253 e. The SMILES string of the molecule is COc1ccc(CN(C)C(=O)c2cccc(Br)c2)c(OC)c1. The van der Waals surface area contributed by atoms with Crippen LogP contribution in [-0.4, -0.2) is 32.1 Å². The van der Waals surface area contributed by atoms with E-state index in [1.165, 1.54) is 0 Å². The molecule has 0 fully saturated rings. The number of rotatable bonds is 5. The van der Waals surface area contributed by atoms with Crippen molar-refractivity contribution in [2.45, 2.75) is 6.54 Å². The van der Waals surface area contributed by atoms with Crippen LogP contribution in [0.15, 0.2) is 46.9 Å². The quantitative estimate of drug-likeness (QED) is 0.812. The van der Waals surface area contributed by atoms with E-state index in [2.05, 4.69) is 15.9 Å². The molecule has 116 valence electrons. The predicted molar refractivity (Wildman–Crippen MR) is 89.5 cm³/mol. The van der Waals surface area contributed by atoms with Gasteiger partial charge in [-0.05, 0) is 30.3 Å². The second kappa shape index (κ2) is 7.31. The zero-order chi connectivity index (χ0) is 16.1. The Morgan fingerprint density at radius 2 is 1.91 bits per heavy atom. The second-order valence-electron chi connectivity index (χ2n) is 4.85. The number of carbonyl (C=O) groups excluding carboxylic acids is 1. The number of hydrogen-bond acceptors (Lipinski definition) is 3. The lowest BCUT2D eigenvalue weighted by molar-refractivity contribution is 0.0784. The molecule has 0 N–H and O–H groups in total. The summed E-state index contributed by atoms with van der Waals surface area (Å²) in [6.07, 6.45) is 0. The summed E-state index contributed by atoms with van der Waals surface area (Å²) >= 11 is 3.38. The van der Waals surface area contributed by atoms with E-state index in [-0.39, 0.29) is 5.91 Å². The van der Waals surface area contributed by atoms with Gasteiger partial charge in [0.1, 0.15) is 11.5 Å². The number of ether oxygens (including phenoxy) is 2. The third-order valence-corrected chi connectivity index (χ3v) is 3.81. The van der Waals surface area contributed by atoms with Gasteiger partial charge in [-0.3, -0.25) is 4.79 Å². The number of nitrogens with zero attached hydrogens (tertiary/aromatic N) is 1. The lowest BCUT2D eigenvalue weighted by Gasteiger charge is -2.19. The topological polar surface area (TPSA) is 38.8 Å². The van der Waals surface area contributed by atoms with E-state index < -0.39 is 0 Å². The van der Waals surface area contributed by atoms with Crippen LogP contribution in [0.1, 0.15) is 15.9 Å². The Bertz CT molecular complexity index is 673. The van der Waals surface area contributed by atoms with Crippen LogP contribution >= 0.6 is 15.9 Å². The molecule has 22 heavy (non-hydrogen) atoms. The number of benzene rings is 2. The highest BCUT2D eigenvalue weighted by atomic mass is 79.9. The first-order chi connectivity index (χ1) is 10.5. The van der Waals surface area contributed by atoms with Crippen molar-refractivity contribution in [3.05, 3.63) is 58.1 Å². The van der Waals surface area contributed by atoms with Gasteiger partial charge in [-0.1, -0.05) is 22.0 Å². The molecule has 0 bridgehead atoms. The van der Waals surface area contributed by atoms with Gasteiger partial charge >= 0.3 is 0 Å². The van der Waals surface area contributed by atoms with E-state index >= 15 is 0 Å². The van der Waals surface area contributed by atoms with Crippen molar-refractivity contribution < 1.29 is 14.3 Å². The molecule has 0 heterocycles. The molecule has 2 rings (SSSR count). The van der Waals surface area contributed by atoms with Crippen molar-refractivity contribution in [2.24, 2.45) is 0 Å². The highest BCUT2D eigenvalue weighted by Gasteiger charge is 2.14. The number of amides is 1. The van der Waals surface area contributed by atoms with E-state index in [1.54, 1.807) is 32.2 Å². The van der Waals surface area contributed by atoms with Gasteiger partial charge in [-0.25, -0.2) is 0 Å². The molecule has 2 aromatic rings. The third kappa shape index (κ3) is 3.80. The monoisotopic (exact) mass is 363 g/mol. The summed E-state index contributed by atoms with van der Waals surface area (Å²) in [5, 5.41) is 0. The fraction of sp³-hybridized carbons (Fsp3) is 0.235. The standard InChI is InChI=1S/C17H18BrNO3/c1-19(17(20)12-5-4-6-14(18)9-12)11-13-7-8-15(21-2)10-16(13)22-3/h4-10H,11H2,1-3H3. The average Bonchev–Trinajstić information content (AvgIpc) is 2.54. The minimum atomic E-state index is -0.0424. The Balaban J connectivity index is 2.18. The van der Waals surface area contributed by atoms with Crippen LogP contribution in [0.4, 0.5) is 0 Å². The summed E-state index contributed by atoms with van der Waals surface area (Å²) in [6.45, 7) is 0.457. The molecule has 0 spiro atoms. The van der Waals surface area contributed by atoms with E-state index in [9.17, 15) is 4.79 Å². The van der Waals surface area contributed by atoms with Gasteiger partial charge in [0.15, 0.2) is 0 Å². The summed E-state index contributed by atoms with van der Waals surface area (Å²) < 4.78 is 11.4. The van der Waals surface area contributed by atoms with Crippen LogP contribution < -0.4 is 9.47 Å². The van der Waals surface area contributed by atoms with Crippen LogP contribution in [0, 0.1) is 0 Å². The molecule has 0 saturated heterocycles. The normalized spacial score (nSPS) is 10.2. The van der Waals surface area contributed by atoms with Gasteiger partial charge in [0.05, 0.1) is 14.2 Å². The maximum Gasteiger partial charge on any atom is 0.253 e. The van der Waals surface area contributed by atoms with Crippen molar-refractivity contribution in [1.29, 1.82) is 0 Å². The largest absolute Gasteiger partial charge is 0.497 e. The number of methoxy groups -OCH3 is 2. The fourth-order valence-electron chi connectivity index (χ4n) is 2.15.